The van der Waals surface area contributed by atoms with Gasteiger partial charge >= 0.3 is 0 Å². The molecule has 27 heavy (non-hydrogen) atoms. The first-order chi connectivity index (χ1) is 13.3. The highest BCUT2D eigenvalue weighted by Gasteiger charge is 2.15. The van der Waals surface area contributed by atoms with Crippen molar-refractivity contribution in [2.75, 3.05) is 26.3 Å². The van der Waals surface area contributed by atoms with Crippen molar-refractivity contribution in [1.82, 2.24) is 25.4 Å². The second-order valence-electron chi connectivity index (χ2n) is 6.92. The summed E-state index contributed by atoms with van der Waals surface area (Å²) in [5, 5.41) is 15.0. The van der Waals surface area contributed by atoms with E-state index in [-0.39, 0.29) is 0 Å². The predicted octanol–water partition coefficient (Wildman–Crippen LogP) is 1.92. The maximum absolute atomic E-state index is 5.47. The van der Waals surface area contributed by atoms with Crippen LogP contribution in [0.2, 0.25) is 0 Å². The van der Waals surface area contributed by atoms with Gasteiger partial charge in [0.05, 0.1) is 13.2 Å². The van der Waals surface area contributed by atoms with E-state index in [0.29, 0.717) is 12.5 Å². The van der Waals surface area contributed by atoms with Crippen LogP contribution in [0.5, 0.6) is 0 Å². The number of hydrogen-bond acceptors (Lipinski definition) is 4. The minimum atomic E-state index is 0.556. The summed E-state index contributed by atoms with van der Waals surface area (Å²) in [5.74, 6) is 2.41. The van der Waals surface area contributed by atoms with Gasteiger partial charge in [-0.3, -0.25) is 0 Å². The van der Waals surface area contributed by atoms with Crippen molar-refractivity contribution < 1.29 is 4.74 Å². The summed E-state index contributed by atoms with van der Waals surface area (Å²) < 4.78 is 7.55. The maximum atomic E-state index is 5.47. The average molecular weight is 371 g/mol. The molecule has 1 fully saturated rings. The van der Waals surface area contributed by atoms with Crippen LogP contribution in [0.3, 0.4) is 0 Å². The number of rotatable bonds is 8. The monoisotopic (exact) mass is 370 g/mol. The van der Waals surface area contributed by atoms with Crippen LogP contribution in [-0.2, 0) is 24.2 Å². The Morgan fingerprint density at radius 3 is 3.00 bits per heavy atom. The molecule has 1 aliphatic rings. The van der Waals surface area contributed by atoms with Crippen LogP contribution in [0, 0.1) is 12.8 Å². The molecule has 1 unspecified atom stereocenters. The van der Waals surface area contributed by atoms with Crippen molar-refractivity contribution >= 4 is 5.96 Å². The average Bonchev–Trinajstić information content (AvgIpc) is 3.36. The Balaban J connectivity index is 1.57. The molecule has 0 saturated carbocycles. The summed E-state index contributed by atoms with van der Waals surface area (Å²) >= 11 is 0. The van der Waals surface area contributed by atoms with Crippen molar-refractivity contribution in [2.24, 2.45) is 10.9 Å². The van der Waals surface area contributed by atoms with Crippen LogP contribution < -0.4 is 10.6 Å². The van der Waals surface area contributed by atoms with E-state index >= 15 is 0 Å². The highest BCUT2D eigenvalue weighted by molar-refractivity contribution is 5.79. The number of benzene rings is 1. The largest absolute Gasteiger partial charge is 0.381 e. The lowest BCUT2D eigenvalue weighted by Crippen LogP contribution is -2.41. The number of aromatic nitrogens is 3. The third kappa shape index (κ3) is 5.79. The van der Waals surface area contributed by atoms with E-state index in [2.05, 4.69) is 63.5 Å². The highest BCUT2D eigenvalue weighted by Crippen LogP contribution is 2.11. The SMILES string of the molecule is CCc1nncn1CCNC(=NCc1ccccc1C)NCC1CCOC1. The Morgan fingerprint density at radius 2 is 2.22 bits per heavy atom. The Hall–Kier alpha value is -2.41. The van der Waals surface area contributed by atoms with Gasteiger partial charge in [0.15, 0.2) is 5.96 Å². The molecule has 1 atom stereocenters. The van der Waals surface area contributed by atoms with E-state index in [4.69, 9.17) is 9.73 Å². The molecule has 2 N–H and O–H groups in total. The number of ether oxygens (including phenoxy) is 1. The second-order valence-corrected chi connectivity index (χ2v) is 6.92. The molecule has 3 rings (SSSR count). The molecule has 7 nitrogen and oxygen atoms in total. The standard InChI is InChI=1S/C20H30N6O/c1-3-19-25-24-15-26(19)10-9-21-20(22-12-17-8-11-27-14-17)23-13-18-7-5-4-6-16(18)2/h4-7,15,17H,3,8-14H2,1-2H3,(H2,21,22,23). The van der Waals surface area contributed by atoms with Crippen LogP contribution in [0.15, 0.2) is 35.6 Å². The second kappa shape index (κ2) is 10.1. The number of nitrogens with one attached hydrogen (secondary N) is 2. The van der Waals surface area contributed by atoms with Crippen molar-refractivity contribution in [2.45, 2.75) is 39.8 Å². The molecule has 0 spiro atoms. The zero-order valence-corrected chi connectivity index (χ0v) is 16.3. The summed E-state index contributed by atoms with van der Waals surface area (Å²) in [6.07, 6.45) is 3.78. The molecule has 1 aromatic carbocycles. The third-order valence-corrected chi connectivity index (χ3v) is 4.91. The predicted molar refractivity (Wildman–Crippen MR) is 107 cm³/mol. The molecule has 1 aliphatic heterocycles. The molecular weight excluding hydrogens is 340 g/mol. The van der Waals surface area contributed by atoms with Gasteiger partial charge in [0.2, 0.25) is 0 Å². The maximum Gasteiger partial charge on any atom is 0.191 e. The molecule has 2 heterocycles. The number of aryl methyl sites for hydroxylation is 2. The van der Waals surface area contributed by atoms with E-state index in [0.717, 1.165) is 57.5 Å². The fourth-order valence-corrected chi connectivity index (χ4v) is 3.15. The first-order valence-electron chi connectivity index (χ1n) is 9.77. The van der Waals surface area contributed by atoms with E-state index in [9.17, 15) is 0 Å². The number of aliphatic imine (C=N–C) groups is 1. The zero-order chi connectivity index (χ0) is 18.9. The molecule has 0 radical (unpaired) electrons. The number of guanidine groups is 1. The van der Waals surface area contributed by atoms with Gasteiger partial charge in [0.1, 0.15) is 12.2 Å². The third-order valence-electron chi connectivity index (χ3n) is 4.91. The summed E-state index contributed by atoms with van der Waals surface area (Å²) in [7, 11) is 0. The molecule has 7 heteroatoms. The molecule has 0 amide bonds. The van der Waals surface area contributed by atoms with Crippen molar-refractivity contribution in [3.05, 3.63) is 47.5 Å². The molecule has 1 saturated heterocycles. The number of hydrogen-bond donors (Lipinski definition) is 2. The van der Waals surface area contributed by atoms with Gasteiger partial charge in [-0.1, -0.05) is 31.2 Å². The summed E-state index contributed by atoms with van der Waals surface area (Å²) in [6, 6.07) is 8.38. The first-order valence-corrected chi connectivity index (χ1v) is 9.77. The van der Waals surface area contributed by atoms with Gasteiger partial charge in [-0.2, -0.15) is 0 Å². The van der Waals surface area contributed by atoms with Crippen LogP contribution in [0.1, 0.15) is 30.3 Å². The minimum absolute atomic E-state index is 0.556. The lowest BCUT2D eigenvalue weighted by molar-refractivity contribution is 0.186. The lowest BCUT2D eigenvalue weighted by Gasteiger charge is -2.16. The van der Waals surface area contributed by atoms with Gasteiger partial charge in [-0.25, -0.2) is 4.99 Å². The quantitative estimate of drug-likeness (QED) is 0.548. The van der Waals surface area contributed by atoms with Crippen molar-refractivity contribution in [1.29, 1.82) is 0 Å². The number of nitrogens with zero attached hydrogens (tertiary/aromatic N) is 4. The van der Waals surface area contributed by atoms with Gasteiger partial charge in [-0.05, 0) is 24.5 Å². The van der Waals surface area contributed by atoms with Gasteiger partial charge < -0.3 is 19.9 Å². The van der Waals surface area contributed by atoms with E-state index < -0.39 is 0 Å². The smallest absolute Gasteiger partial charge is 0.191 e. The van der Waals surface area contributed by atoms with E-state index in [1.807, 2.05) is 0 Å². The topological polar surface area (TPSA) is 76.4 Å². The van der Waals surface area contributed by atoms with Gasteiger partial charge in [0.25, 0.3) is 0 Å². The van der Waals surface area contributed by atoms with Crippen LogP contribution in [-0.4, -0.2) is 47.0 Å². The van der Waals surface area contributed by atoms with Crippen LogP contribution in [0.4, 0.5) is 0 Å². The van der Waals surface area contributed by atoms with Crippen LogP contribution >= 0.6 is 0 Å². The Kier molecular flexibility index (Phi) is 7.21. The first kappa shape index (κ1) is 19.4. The minimum Gasteiger partial charge on any atom is -0.381 e. The van der Waals surface area contributed by atoms with Gasteiger partial charge in [-0.15, -0.1) is 10.2 Å². The fraction of sp³-hybridized carbons (Fsp3) is 0.550. The molecule has 0 bridgehead atoms. The lowest BCUT2D eigenvalue weighted by atomic mass is 10.1. The van der Waals surface area contributed by atoms with Crippen molar-refractivity contribution in [3.63, 3.8) is 0 Å². The molecule has 2 aromatic rings. The summed E-state index contributed by atoms with van der Waals surface area (Å²) in [4.78, 5) is 4.79. The summed E-state index contributed by atoms with van der Waals surface area (Å²) in [5.41, 5.74) is 2.51. The molecule has 0 aliphatic carbocycles. The zero-order valence-electron chi connectivity index (χ0n) is 16.3. The Labute approximate surface area is 161 Å². The van der Waals surface area contributed by atoms with Gasteiger partial charge in [0, 0.05) is 38.6 Å². The fourth-order valence-electron chi connectivity index (χ4n) is 3.15. The summed E-state index contributed by atoms with van der Waals surface area (Å²) in [6.45, 7) is 9.04. The Morgan fingerprint density at radius 1 is 1.33 bits per heavy atom. The normalized spacial score (nSPS) is 17.3. The van der Waals surface area contributed by atoms with E-state index in [1.54, 1.807) is 6.33 Å². The highest BCUT2D eigenvalue weighted by atomic mass is 16.5. The molecular formula is C20H30N6O. The van der Waals surface area contributed by atoms with E-state index in [1.165, 1.54) is 11.1 Å². The molecule has 146 valence electrons. The van der Waals surface area contributed by atoms with Crippen LogP contribution in [0.25, 0.3) is 0 Å². The Bertz CT molecular complexity index is 736. The van der Waals surface area contributed by atoms with Crippen molar-refractivity contribution in [3.8, 4) is 0 Å². The molecule has 1 aromatic heterocycles.